The molecule has 0 aliphatic heterocycles. The number of benzene rings is 8. The second-order valence-corrected chi connectivity index (χ2v) is 16.5. The van der Waals surface area contributed by atoms with Crippen LogP contribution in [-0.2, 0) is 12.4 Å². The summed E-state index contributed by atoms with van der Waals surface area (Å²) in [6.45, 7) is 6.25. The number of fused-ring (bicyclic) bond motifs is 3. The molecule has 0 N–H and O–H groups in total. The number of aromatic nitrogens is 4. The van der Waals surface area contributed by atoms with Crippen LogP contribution in [-0.4, -0.2) is 19.5 Å². The molecule has 0 bridgehead atoms. The van der Waals surface area contributed by atoms with E-state index in [0.717, 1.165) is 85.0 Å². The molecule has 0 spiro atoms. The Bertz CT molecular complexity index is 3290. The summed E-state index contributed by atoms with van der Waals surface area (Å²) in [6, 6.07) is 50.8. The molecular weight excluding hydrogens is 843 g/mol. The van der Waals surface area contributed by atoms with Crippen LogP contribution in [0.5, 0.6) is 0 Å². The molecule has 2 heterocycles. The van der Waals surface area contributed by atoms with Crippen LogP contribution in [0.2, 0.25) is 0 Å². The van der Waals surface area contributed by atoms with E-state index in [1.165, 1.54) is 24.3 Å². The van der Waals surface area contributed by atoms with Gasteiger partial charge in [-0.3, -0.25) is 0 Å². The topological polar surface area (TPSA) is 43.6 Å². The molecule has 10 rings (SSSR count). The summed E-state index contributed by atoms with van der Waals surface area (Å²) in [5.74, 6) is 1.02. The Hall–Kier alpha value is -7.85. The van der Waals surface area contributed by atoms with Crippen LogP contribution in [0.1, 0.15) is 27.8 Å². The van der Waals surface area contributed by atoms with Gasteiger partial charge in [0.2, 0.25) is 0 Å². The molecule has 10 heteroatoms. The second kappa shape index (κ2) is 16.3. The number of hydrogen-bond donors (Lipinski definition) is 0. The van der Waals surface area contributed by atoms with E-state index in [-0.39, 0.29) is 5.82 Å². The Morgan fingerprint density at radius 1 is 0.379 bits per heavy atom. The first kappa shape index (κ1) is 42.1. The molecule has 4 nitrogen and oxygen atoms in total. The van der Waals surface area contributed by atoms with Crippen molar-refractivity contribution in [2.75, 3.05) is 0 Å². The van der Waals surface area contributed by atoms with E-state index in [9.17, 15) is 26.3 Å². The van der Waals surface area contributed by atoms with Gasteiger partial charge in [0.1, 0.15) is 0 Å². The Morgan fingerprint density at radius 3 is 1.29 bits per heavy atom. The Balaban J connectivity index is 1.32. The van der Waals surface area contributed by atoms with Gasteiger partial charge in [-0.2, -0.15) is 26.3 Å². The summed E-state index contributed by atoms with van der Waals surface area (Å²) in [5, 5.41) is 1.83. The zero-order valence-electron chi connectivity index (χ0n) is 35.8. The third-order valence-corrected chi connectivity index (χ3v) is 12.0. The van der Waals surface area contributed by atoms with Gasteiger partial charge in [0.15, 0.2) is 17.5 Å². The minimum Gasteiger partial charge on any atom is -0.308 e. The zero-order chi connectivity index (χ0) is 45.9. The number of nitrogens with zero attached hydrogens (tertiary/aromatic N) is 4. The first-order valence-corrected chi connectivity index (χ1v) is 21.2. The summed E-state index contributed by atoms with van der Waals surface area (Å²) in [5.41, 5.74) is 9.78. The number of halogens is 6. The van der Waals surface area contributed by atoms with E-state index >= 15 is 0 Å². The number of alkyl halides is 6. The van der Waals surface area contributed by atoms with Crippen LogP contribution in [0.3, 0.4) is 0 Å². The third-order valence-electron chi connectivity index (χ3n) is 12.0. The van der Waals surface area contributed by atoms with Crippen molar-refractivity contribution in [3.63, 3.8) is 0 Å². The van der Waals surface area contributed by atoms with E-state index in [0.29, 0.717) is 45.2 Å². The van der Waals surface area contributed by atoms with E-state index < -0.39 is 23.5 Å². The summed E-state index contributed by atoms with van der Waals surface area (Å²) in [4.78, 5) is 14.8. The van der Waals surface area contributed by atoms with Crippen molar-refractivity contribution in [3.8, 4) is 73.2 Å². The molecule has 0 saturated carbocycles. The first-order valence-electron chi connectivity index (χ1n) is 21.2. The normalized spacial score (nSPS) is 12.0. The number of rotatable bonds is 7. The average molecular weight is 881 g/mol. The molecule has 0 aliphatic rings. The van der Waals surface area contributed by atoms with E-state index in [1.807, 2.05) is 103 Å². The summed E-state index contributed by atoms with van der Waals surface area (Å²) >= 11 is 0. The molecule has 66 heavy (non-hydrogen) atoms. The molecule has 8 aromatic carbocycles. The van der Waals surface area contributed by atoms with Gasteiger partial charge in [-0.05, 0) is 109 Å². The van der Waals surface area contributed by atoms with Crippen molar-refractivity contribution in [3.05, 3.63) is 204 Å². The summed E-state index contributed by atoms with van der Waals surface area (Å²) < 4.78 is 86.9. The van der Waals surface area contributed by atoms with Gasteiger partial charge in [0.05, 0.1) is 27.8 Å². The van der Waals surface area contributed by atoms with Crippen molar-refractivity contribution in [1.29, 1.82) is 0 Å². The highest BCUT2D eigenvalue weighted by Crippen LogP contribution is 2.46. The first-order chi connectivity index (χ1) is 31.7. The molecule has 10 aromatic rings. The zero-order valence-corrected chi connectivity index (χ0v) is 35.8. The molecular formula is C56H38F6N4. The van der Waals surface area contributed by atoms with Crippen molar-refractivity contribution >= 4 is 21.8 Å². The van der Waals surface area contributed by atoms with Crippen molar-refractivity contribution in [2.45, 2.75) is 33.1 Å². The molecule has 0 atom stereocenters. The largest absolute Gasteiger partial charge is 0.416 e. The molecule has 2 aromatic heterocycles. The molecule has 0 radical (unpaired) electrons. The van der Waals surface area contributed by atoms with Crippen LogP contribution in [0, 0.1) is 20.8 Å². The number of hydrogen-bond acceptors (Lipinski definition) is 3. The predicted molar refractivity (Wildman–Crippen MR) is 251 cm³/mol. The maximum atomic E-state index is 14.1. The fourth-order valence-electron chi connectivity index (χ4n) is 9.06. The van der Waals surface area contributed by atoms with Crippen LogP contribution in [0.4, 0.5) is 26.3 Å². The van der Waals surface area contributed by atoms with Crippen molar-refractivity contribution < 1.29 is 26.3 Å². The van der Waals surface area contributed by atoms with Gasteiger partial charge in [0.25, 0.3) is 0 Å². The fraction of sp³-hybridized carbons (Fsp3) is 0.0893. The Labute approximate surface area is 376 Å². The SMILES string of the molecule is Cc1cc(C)c(-c2ccc3c(c2)c2ccccc2n3-c2c(-c3ccc(C(F)(F)F)cc3)cc(-c3nc(-c4ccccc4)nc(-c4ccccc4)n3)cc2-c2ccc(C(F)(F)F)cc2)c(C)c1. The minimum atomic E-state index is -4.60. The lowest BCUT2D eigenvalue weighted by Gasteiger charge is -2.22. The fourth-order valence-corrected chi connectivity index (χ4v) is 9.06. The smallest absolute Gasteiger partial charge is 0.308 e. The predicted octanol–water partition coefficient (Wildman–Crippen LogP) is 15.9. The monoisotopic (exact) mass is 880 g/mol. The van der Waals surface area contributed by atoms with E-state index in [4.69, 9.17) is 15.0 Å². The molecule has 324 valence electrons. The lowest BCUT2D eigenvalue weighted by Crippen LogP contribution is -2.06. The second-order valence-electron chi connectivity index (χ2n) is 16.5. The van der Waals surface area contributed by atoms with E-state index in [1.54, 1.807) is 0 Å². The average Bonchev–Trinajstić information content (AvgIpc) is 3.64. The molecule has 0 aliphatic carbocycles. The number of aryl methyl sites for hydroxylation is 3. The van der Waals surface area contributed by atoms with Crippen molar-refractivity contribution in [1.82, 2.24) is 19.5 Å². The molecule has 0 fully saturated rings. The van der Waals surface area contributed by atoms with E-state index in [2.05, 4.69) is 49.6 Å². The van der Waals surface area contributed by atoms with Crippen LogP contribution in [0.25, 0.3) is 95.0 Å². The Morgan fingerprint density at radius 2 is 0.803 bits per heavy atom. The summed E-state index contributed by atoms with van der Waals surface area (Å²) in [6.07, 6.45) is -9.19. The van der Waals surface area contributed by atoms with Gasteiger partial charge in [-0.25, -0.2) is 15.0 Å². The standard InChI is InChI=1S/C56H38F6N4/c1-33-28-34(2)50(35(3)29-33)40-22-27-49-47(30-40)44-16-10-11-17-48(44)66(49)51-45(36-18-23-42(24-19-36)55(57,58)59)31-41(32-46(51)37-20-25-43(26-21-37)56(60,61)62)54-64-52(38-12-6-4-7-13-38)63-53(65-54)39-14-8-5-9-15-39/h4-32H,1-3H3. The van der Waals surface area contributed by atoms with Crippen LogP contribution >= 0.6 is 0 Å². The van der Waals surface area contributed by atoms with Gasteiger partial charge in [-0.1, -0.05) is 127 Å². The lowest BCUT2D eigenvalue weighted by molar-refractivity contribution is -0.138. The lowest BCUT2D eigenvalue weighted by atomic mass is 9.91. The highest BCUT2D eigenvalue weighted by atomic mass is 19.4. The van der Waals surface area contributed by atoms with Gasteiger partial charge in [-0.15, -0.1) is 0 Å². The molecule has 0 amide bonds. The van der Waals surface area contributed by atoms with Crippen molar-refractivity contribution in [2.24, 2.45) is 0 Å². The highest BCUT2D eigenvalue weighted by molar-refractivity contribution is 6.12. The maximum absolute atomic E-state index is 14.1. The van der Waals surface area contributed by atoms with Crippen LogP contribution < -0.4 is 0 Å². The molecule has 0 saturated heterocycles. The number of para-hydroxylation sites is 1. The quantitative estimate of drug-likeness (QED) is 0.150. The highest BCUT2D eigenvalue weighted by Gasteiger charge is 2.32. The third kappa shape index (κ3) is 7.78. The molecule has 0 unspecified atom stereocenters. The van der Waals surface area contributed by atoms with Gasteiger partial charge < -0.3 is 4.57 Å². The Kier molecular flexibility index (Phi) is 10.4. The summed E-state index contributed by atoms with van der Waals surface area (Å²) in [7, 11) is 0. The maximum Gasteiger partial charge on any atom is 0.416 e. The van der Waals surface area contributed by atoms with Crippen LogP contribution in [0.15, 0.2) is 176 Å². The van der Waals surface area contributed by atoms with Gasteiger partial charge in [0, 0.05) is 38.6 Å². The minimum absolute atomic E-state index is 0.256. The van der Waals surface area contributed by atoms with Gasteiger partial charge >= 0.3 is 12.4 Å².